The van der Waals surface area contributed by atoms with Crippen LogP contribution in [0.15, 0.2) is 54.9 Å². The summed E-state index contributed by atoms with van der Waals surface area (Å²) in [5.41, 5.74) is 1.29. The molecule has 0 bridgehead atoms. The van der Waals surface area contributed by atoms with Crippen molar-refractivity contribution >= 4 is 11.8 Å². The van der Waals surface area contributed by atoms with Gasteiger partial charge in [0.1, 0.15) is 6.33 Å². The number of ether oxygens (including phenoxy) is 3. The first kappa shape index (κ1) is 17.7. The van der Waals surface area contributed by atoms with Gasteiger partial charge in [0.25, 0.3) is 0 Å². The van der Waals surface area contributed by atoms with Gasteiger partial charge in [0.2, 0.25) is 6.79 Å². The Labute approximate surface area is 159 Å². The van der Waals surface area contributed by atoms with Crippen LogP contribution < -0.4 is 9.47 Å². The quantitative estimate of drug-likeness (QED) is 0.450. The third-order valence-corrected chi connectivity index (χ3v) is 4.27. The number of Topliss-reactive ketones (excluding diaryl/α,β-unsaturated/α-hetero) is 1. The number of hydrogen-bond acceptors (Lipinski definition) is 8. The van der Waals surface area contributed by atoms with E-state index in [0.717, 1.165) is 5.56 Å². The second kappa shape index (κ2) is 7.87. The lowest BCUT2D eigenvalue weighted by Crippen LogP contribution is -2.26. The third kappa shape index (κ3) is 3.83. The molecule has 142 valence electrons. The summed E-state index contributed by atoms with van der Waals surface area (Å²) in [5, 5.41) is 10.9. The molecule has 0 saturated heterocycles. The highest BCUT2D eigenvalue weighted by Crippen LogP contribution is 2.32. The molecular formula is C19H16N4O5. The molecule has 3 aromatic rings. The number of tetrazole rings is 1. The van der Waals surface area contributed by atoms with Gasteiger partial charge in [-0.3, -0.25) is 4.79 Å². The fraction of sp³-hybridized carbons (Fsp3) is 0.211. The molecule has 2 heterocycles. The molecule has 2 aromatic carbocycles. The first-order valence-corrected chi connectivity index (χ1v) is 8.56. The largest absolute Gasteiger partial charge is 0.456 e. The molecule has 4 rings (SSSR count). The van der Waals surface area contributed by atoms with E-state index in [1.54, 1.807) is 18.2 Å². The summed E-state index contributed by atoms with van der Waals surface area (Å²) in [7, 11) is 0. The van der Waals surface area contributed by atoms with Crippen molar-refractivity contribution in [2.24, 2.45) is 0 Å². The Morgan fingerprint density at radius 1 is 1.11 bits per heavy atom. The van der Waals surface area contributed by atoms with E-state index < -0.39 is 18.6 Å². The molecule has 0 saturated carbocycles. The predicted octanol–water partition coefficient (Wildman–Crippen LogP) is 1.61. The lowest BCUT2D eigenvalue weighted by molar-refractivity contribution is -0.146. The molecule has 0 unspecified atom stereocenters. The van der Waals surface area contributed by atoms with Crippen LogP contribution in [0.3, 0.4) is 0 Å². The van der Waals surface area contributed by atoms with Gasteiger partial charge in [-0.25, -0.2) is 9.48 Å². The molecule has 9 heteroatoms. The van der Waals surface area contributed by atoms with Gasteiger partial charge in [-0.15, -0.1) is 5.10 Å². The smallest absolute Gasteiger partial charge is 0.331 e. The standard InChI is InChI=1S/C19H16N4O5/c24-16(14-6-7-17-18(9-14)28-12-27-17)10-26-19(25)15(23-11-20-21-22-23)8-13-4-2-1-3-5-13/h1-7,9,11,15H,8,10,12H2/t15-/m1/s1. The number of benzene rings is 2. The Morgan fingerprint density at radius 2 is 1.93 bits per heavy atom. The van der Waals surface area contributed by atoms with E-state index in [2.05, 4.69) is 15.5 Å². The monoisotopic (exact) mass is 380 g/mol. The molecule has 1 atom stereocenters. The summed E-state index contributed by atoms with van der Waals surface area (Å²) < 4.78 is 17.1. The fourth-order valence-corrected chi connectivity index (χ4v) is 2.82. The number of esters is 1. The van der Waals surface area contributed by atoms with Crippen LogP contribution >= 0.6 is 0 Å². The topological polar surface area (TPSA) is 105 Å². The number of carbonyl (C=O) groups is 2. The van der Waals surface area contributed by atoms with Crippen molar-refractivity contribution in [1.82, 2.24) is 20.2 Å². The lowest BCUT2D eigenvalue weighted by atomic mass is 10.1. The number of hydrogen-bond donors (Lipinski definition) is 0. The average molecular weight is 380 g/mol. The van der Waals surface area contributed by atoms with Gasteiger partial charge in [-0.05, 0) is 34.2 Å². The summed E-state index contributed by atoms with van der Waals surface area (Å²) in [5.74, 6) is 0.134. The SMILES string of the molecule is O=C(COC(=O)[C@@H](Cc1ccccc1)n1cnnn1)c1ccc2c(c1)OCO2. The summed E-state index contributed by atoms with van der Waals surface area (Å²) in [6.45, 7) is -0.277. The highest BCUT2D eigenvalue weighted by Gasteiger charge is 2.25. The van der Waals surface area contributed by atoms with E-state index in [4.69, 9.17) is 14.2 Å². The van der Waals surface area contributed by atoms with Crippen LogP contribution in [0.2, 0.25) is 0 Å². The maximum Gasteiger partial charge on any atom is 0.331 e. The predicted molar refractivity (Wildman–Crippen MR) is 94.9 cm³/mol. The minimum atomic E-state index is -0.776. The summed E-state index contributed by atoms with van der Waals surface area (Å²) >= 11 is 0. The van der Waals surface area contributed by atoms with Crippen molar-refractivity contribution in [1.29, 1.82) is 0 Å². The molecule has 0 amide bonds. The van der Waals surface area contributed by atoms with Crippen molar-refractivity contribution in [3.05, 3.63) is 66.0 Å². The lowest BCUT2D eigenvalue weighted by Gasteiger charge is -2.15. The van der Waals surface area contributed by atoms with Crippen molar-refractivity contribution < 1.29 is 23.8 Å². The molecule has 0 spiro atoms. The molecule has 0 radical (unpaired) electrons. The van der Waals surface area contributed by atoms with E-state index in [1.807, 2.05) is 30.3 Å². The van der Waals surface area contributed by atoms with E-state index in [0.29, 0.717) is 23.5 Å². The summed E-state index contributed by atoms with van der Waals surface area (Å²) in [6, 6.07) is 13.5. The Hall–Kier alpha value is -3.75. The van der Waals surface area contributed by atoms with Crippen LogP contribution in [-0.4, -0.2) is 45.4 Å². The molecule has 28 heavy (non-hydrogen) atoms. The number of aromatic nitrogens is 4. The Balaban J connectivity index is 1.43. The van der Waals surface area contributed by atoms with Crippen LogP contribution in [0.4, 0.5) is 0 Å². The second-order valence-corrected chi connectivity index (χ2v) is 6.09. The average Bonchev–Trinajstić information content (AvgIpc) is 3.42. The van der Waals surface area contributed by atoms with E-state index in [9.17, 15) is 9.59 Å². The molecule has 0 N–H and O–H groups in total. The molecule has 9 nitrogen and oxygen atoms in total. The van der Waals surface area contributed by atoms with Crippen LogP contribution in [0.1, 0.15) is 22.0 Å². The fourth-order valence-electron chi connectivity index (χ4n) is 2.82. The minimum absolute atomic E-state index is 0.120. The Bertz CT molecular complexity index is 975. The van der Waals surface area contributed by atoms with Crippen LogP contribution in [0.5, 0.6) is 11.5 Å². The van der Waals surface area contributed by atoms with E-state index in [1.165, 1.54) is 11.0 Å². The number of ketones is 1. The molecule has 0 fully saturated rings. The van der Waals surface area contributed by atoms with Crippen molar-refractivity contribution in [3.63, 3.8) is 0 Å². The Kier molecular flexibility index (Phi) is 4.96. The maximum atomic E-state index is 12.6. The second-order valence-electron chi connectivity index (χ2n) is 6.09. The minimum Gasteiger partial charge on any atom is -0.456 e. The first-order valence-electron chi connectivity index (χ1n) is 8.56. The number of fused-ring (bicyclic) bond motifs is 1. The Morgan fingerprint density at radius 3 is 2.71 bits per heavy atom. The number of rotatable bonds is 7. The van der Waals surface area contributed by atoms with Gasteiger partial charge in [-0.2, -0.15) is 0 Å². The number of carbonyl (C=O) groups excluding carboxylic acids is 2. The van der Waals surface area contributed by atoms with Crippen LogP contribution in [0.25, 0.3) is 0 Å². The third-order valence-electron chi connectivity index (χ3n) is 4.27. The molecule has 1 aliphatic heterocycles. The molecular weight excluding hydrogens is 364 g/mol. The van der Waals surface area contributed by atoms with Crippen molar-refractivity contribution in [2.75, 3.05) is 13.4 Å². The van der Waals surface area contributed by atoms with Gasteiger partial charge < -0.3 is 14.2 Å². The number of nitrogens with zero attached hydrogens (tertiary/aromatic N) is 4. The van der Waals surface area contributed by atoms with Gasteiger partial charge in [0.15, 0.2) is 29.9 Å². The van der Waals surface area contributed by atoms with E-state index in [-0.39, 0.29) is 12.6 Å². The van der Waals surface area contributed by atoms with Crippen LogP contribution in [-0.2, 0) is 16.0 Å². The molecule has 1 aromatic heterocycles. The van der Waals surface area contributed by atoms with Gasteiger partial charge in [0.05, 0.1) is 0 Å². The zero-order chi connectivity index (χ0) is 19.3. The zero-order valence-electron chi connectivity index (χ0n) is 14.7. The summed E-state index contributed by atoms with van der Waals surface area (Å²) in [4.78, 5) is 25.0. The van der Waals surface area contributed by atoms with Gasteiger partial charge >= 0.3 is 5.97 Å². The zero-order valence-corrected chi connectivity index (χ0v) is 14.7. The molecule has 0 aliphatic carbocycles. The highest BCUT2D eigenvalue weighted by atomic mass is 16.7. The summed E-state index contributed by atoms with van der Waals surface area (Å²) in [6.07, 6.45) is 1.68. The normalized spacial score (nSPS) is 13.1. The van der Waals surface area contributed by atoms with Crippen molar-refractivity contribution in [3.8, 4) is 11.5 Å². The highest BCUT2D eigenvalue weighted by molar-refractivity contribution is 5.98. The van der Waals surface area contributed by atoms with Crippen molar-refractivity contribution in [2.45, 2.75) is 12.5 Å². The first-order chi connectivity index (χ1) is 13.7. The van der Waals surface area contributed by atoms with Crippen LogP contribution in [0, 0.1) is 0 Å². The maximum absolute atomic E-state index is 12.6. The van der Waals surface area contributed by atoms with Gasteiger partial charge in [0, 0.05) is 12.0 Å². The van der Waals surface area contributed by atoms with E-state index >= 15 is 0 Å². The van der Waals surface area contributed by atoms with Gasteiger partial charge in [-0.1, -0.05) is 30.3 Å². The molecule has 1 aliphatic rings.